The molecule has 28 heavy (non-hydrogen) atoms. The average Bonchev–Trinajstić information content (AvgIpc) is 2.78. The zero-order chi connectivity index (χ0) is 18.8. The molecular formula is C26H23NO. The number of nitrogens with one attached hydrogen (secondary N) is 1. The highest BCUT2D eigenvalue weighted by Gasteiger charge is 2.30. The predicted molar refractivity (Wildman–Crippen MR) is 115 cm³/mol. The minimum absolute atomic E-state index is 0.0147. The van der Waals surface area contributed by atoms with Gasteiger partial charge >= 0.3 is 0 Å². The third kappa shape index (κ3) is 3.28. The molecule has 0 amide bonds. The van der Waals surface area contributed by atoms with E-state index in [4.69, 9.17) is 4.74 Å². The molecule has 0 radical (unpaired) electrons. The van der Waals surface area contributed by atoms with E-state index in [0.717, 1.165) is 18.7 Å². The molecule has 0 fully saturated rings. The van der Waals surface area contributed by atoms with Crippen LogP contribution in [-0.2, 0) is 6.54 Å². The first-order valence-electron chi connectivity index (χ1n) is 9.89. The lowest BCUT2D eigenvalue weighted by atomic mass is 9.83. The van der Waals surface area contributed by atoms with Crippen LogP contribution in [0.2, 0.25) is 0 Å². The summed E-state index contributed by atoms with van der Waals surface area (Å²) in [6.45, 7) is 0.802. The molecule has 5 rings (SSSR count). The summed E-state index contributed by atoms with van der Waals surface area (Å²) in [6.07, 6.45) is 0.900. The lowest BCUT2D eigenvalue weighted by molar-refractivity contribution is 0.129. The topological polar surface area (TPSA) is 21.3 Å². The number of rotatable bonds is 4. The number of ether oxygens (including phenoxy) is 1. The van der Waals surface area contributed by atoms with Gasteiger partial charge in [0.05, 0.1) is 0 Å². The molecular weight excluding hydrogens is 342 g/mol. The van der Waals surface area contributed by atoms with Crippen LogP contribution < -0.4 is 10.1 Å². The Bertz CT molecular complexity index is 1080. The maximum Gasteiger partial charge on any atom is 0.151 e. The summed E-state index contributed by atoms with van der Waals surface area (Å²) in [5.41, 5.74) is 3.92. The first-order valence-corrected chi connectivity index (χ1v) is 9.89. The highest BCUT2D eigenvalue weighted by molar-refractivity contribution is 5.89. The quantitative estimate of drug-likeness (QED) is 0.488. The fourth-order valence-electron chi connectivity index (χ4n) is 4.21. The Balaban J connectivity index is 1.52. The second-order valence-electron chi connectivity index (χ2n) is 7.37. The van der Waals surface area contributed by atoms with Gasteiger partial charge in [0.1, 0.15) is 5.75 Å². The summed E-state index contributed by atoms with van der Waals surface area (Å²) in [6, 6.07) is 34.2. The van der Waals surface area contributed by atoms with Crippen molar-refractivity contribution in [2.75, 3.05) is 0 Å². The maximum atomic E-state index is 6.40. The van der Waals surface area contributed by atoms with Crippen molar-refractivity contribution in [1.82, 2.24) is 5.32 Å². The Morgan fingerprint density at radius 1 is 0.750 bits per heavy atom. The minimum Gasteiger partial charge on any atom is -0.475 e. The van der Waals surface area contributed by atoms with E-state index in [2.05, 4.69) is 96.3 Å². The number of hydrogen-bond donors (Lipinski definition) is 1. The Morgan fingerprint density at radius 3 is 2.29 bits per heavy atom. The predicted octanol–water partition coefficient (Wildman–Crippen LogP) is 5.87. The van der Waals surface area contributed by atoms with Crippen molar-refractivity contribution in [2.45, 2.75) is 25.1 Å². The Kier molecular flexibility index (Phi) is 4.56. The molecule has 0 spiro atoms. The molecule has 2 nitrogen and oxygen atoms in total. The van der Waals surface area contributed by atoms with Gasteiger partial charge in [-0.15, -0.1) is 0 Å². The van der Waals surface area contributed by atoms with Crippen LogP contribution in [0.3, 0.4) is 0 Å². The molecule has 1 aliphatic rings. The molecule has 2 atom stereocenters. The molecule has 2 heteroatoms. The van der Waals surface area contributed by atoms with Crippen LogP contribution >= 0.6 is 0 Å². The molecule has 1 heterocycles. The van der Waals surface area contributed by atoms with E-state index >= 15 is 0 Å². The fourth-order valence-corrected chi connectivity index (χ4v) is 4.21. The van der Waals surface area contributed by atoms with Crippen molar-refractivity contribution in [3.05, 3.63) is 114 Å². The van der Waals surface area contributed by atoms with E-state index in [9.17, 15) is 0 Å². The van der Waals surface area contributed by atoms with Gasteiger partial charge in [0.2, 0.25) is 0 Å². The standard InChI is InChI=1S/C26H23NO/c1-3-9-19(10-4-1)18-27-25-17-23(20-11-5-2-6-12-20)26-22-14-8-7-13-21(22)15-16-24(26)28-25/h1-16,23,25,27H,17-18H2/t23-,25-/m1/s1. The van der Waals surface area contributed by atoms with E-state index in [-0.39, 0.29) is 6.23 Å². The Morgan fingerprint density at radius 2 is 1.46 bits per heavy atom. The van der Waals surface area contributed by atoms with Gasteiger partial charge in [-0.25, -0.2) is 0 Å². The number of benzene rings is 4. The average molecular weight is 365 g/mol. The molecule has 1 N–H and O–H groups in total. The third-order valence-electron chi connectivity index (χ3n) is 5.58. The second kappa shape index (κ2) is 7.49. The third-order valence-corrected chi connectivity index (χ3v) is 5.58. The van der Waals surface area contributed by atoms with Crippen molar-refractivity contribution < 1.29 is 4.74 Å². The van der Waals surface area contributed by atoms with Gasteiger partial charge < -0.3 is 4.74 Å². The van der Waals surface area contributed by atoms with Crippen molar-refractivity contribution in [3.8, 4) is 5.75 Å². The first-order chi connectivity index (χ1) is 13.9. The van der Waals surface area contributed by atoms with Gasteiger partial charge in [-0.05, 0) is 28.0 Å². The summed E-state index contributed by atoms with van der Waals surface area (Å²) in [4.78, 5) is 0. The largest absolute Gasteiger partial charge is 0.475 e. The number of fused-ring (bicyclic) bond motifs is 3. The summed E-state index contributed by atoms with van der Waals surface area (Å²) in [5, 5.41) is 6.16. The van der Waals surface area contributed by atoms with Crippen LogP contribution in [-0.4, -0.2) is 6.23 Å². The van der Waals surface area contributed by atoms with Crippen LogP contribution in [0.25, 0.3) is 10.8 Å². The second-order valence-corrected chi connectivity index (χ2v) is 7.37. The SMILES string of the molecule is c1ccc(CN[C@H]2C[C@H](c3ccccc3)c3c(ccc4ccccc34)O2)cc1. The highest BCUT2D eigenvalue weighted by atomic mass is 16.5. The normalized spacial score (nSPS) is 18.4. The Hall–Kier alpha value is -3.10. The highest BCUT2D eigenvalue weighted by Crippen LogP contribution is 2.43. The van der Waals surface area contributed by atoms with E-state index in [1.807, 2.05) is 6.07 Å². The van der Waals surface area contributed by atoms with Crippen molar-refractivity contribution >= 4 is 10.8 Å². The van der Waals surface area contributed by atoms with Crippen LogP contribution in [0.1, 0.15) is 29.0 Å². The van der Waals surface area contributed by atoms with Crippen LogP contribution in [0.5, 0.6) is 5.75 Å². The molecule has 4 aromatic rings. The molecule has 0 saturated heterocycles. The van der Waals surface area contributed by atoms with Crippen molar-refractivity contribution in [1.29, 1.82) is 0 Å². The maximum absolute atomic E-state index is 6.40. The first kappa shape index (κ1) is 17.0. The molecule has 0 bridgehead atoms. The zero-order valence-corrected chi connectivity index (χ0v) is 15.7. The lowest BCUT2D eigenvalue weighted by Crippen LogP contribution is -2.38. The summed E-state index contributed by atoms with van der Waals surface area (Å²) in [7, 11) is 0. The molecule has 0 aliphatic carbocycles. The molecule has 0 saturated carbocycles. The smallest absolute Gasteiger partial charge is 0.151 e. The molecule has 1 aliphatic heterocycles. The monoisotopic (exact) mass is 365 g/mol. The molecule has 0 unspecified atom stereocenters. The molecule has 138 valence electrons. The number of hydrogen-bond acceptors (Lipinski definition) is 2. The van der Waals surface area contributed by atoms with Gasteiger partial charge in [-0.1, -0.05) is 91.0 Å². The zero-order valence-electron chi connectivity index (χ0n) is 15.7. The molecule has 4 aromatic carbocycles. The van der Waals surface area contributed by atoms with Crippen LogP contribution in [0, 0.1) is 0 Å². The van der Waals surface area contributed by atoms with Crippen LogP contribution in [0.15, 0.2) is 97.1 Å². The van der Waals surface area contributed by atoms with Gasteiger partial charge in [-0.3, -0.25) is 5.32 Å². The summed E-state index contributed by atoms with van der Waals surface area (Å²) >= 11 is 0. The van der Waals surface area contributed by atoms with Gasteiger partial charge in [0.25, 0.3) is 0 Å². The van der Waals surface area contributed by atoms with E-state index < -0.39 is 0 Å². The fraction of sp³-hybridized carbons (Fsp3) is 0.154. The Labute approximate surface area is 165 Å². The van der Waals surface area contributed by atoms with Crippen LogP contribution in [0.4, 0.5) is 0 Å². The summed E-state index contributed by atoms with van der Waals surface area (Å²) in [5.74, 6) is 1.30. The van der Waals surface area contributed by atoms with E-state index in [1.54, 1.807) is 0 Å². The van der Waals surface area contributed by atoms with Crippen molar-refractivity contribution in [3.63, 3.8) is 0 Å². The lowest BCUT2D eigenvalue weighted by Gasteiger charge is -2.34. The van der Waals surface area contributed by atoms with Gasteiger partial charge in [-0.2, -0.15) is 0 Å². The van der Waals surface area contributed by atoms with Gasteiger partial charge in [0.15, 0.2) is 6.23 Å². The molecule has 0 aromatic heterocycles. The van der Waals surface area contributed by atoms with E-state index in [1.165, 1.54) is 27.5 Å². The van der Waals surface area contributed by atoms with Gasteiger partial charge in [0, 0.05) is 24.4 Å². The summed E-state index contributed by atoms with van der Waals surface area (Å²) < 4.78 is 6.40. The van der Waals surface area contributed by atoms with E-state index in [0.29, 0.717) is 5.92 Å². The minimum atomic E-state index is -0.0147. The van der Waals surface area contributed by atoms with Crippen molar-refractivity contribution in [2.24, 2.45) is 0 Å².